The molecule has 1 aromatic heterocycles. The standard InChI is InChI=1S/C25H25NO6/c1-18-8-3-5-12-22(18)29-14-16-31-24(27)20-10-7-11-21(26-20)25(28)32-17-15-30-23-13-6-4-9-19(23)2/h3-13H,14-17H2,1-2H3. The number of rotatable bonds is 10. The molecule has 0 amide bonds. The van der Waals surface area contributed by atoms with Gasteiger partial charge in [0.2, 0.25) is 0 Å². The summed E-state index contributed by atoms with van der Waals surface area (Å²) in [6, 6.07) is 19.6. The van der Waals surface area contributed by atoms with Crippen molar-refractivity contribution in [1.82, 2.24) is 4.98 Å². The van der Waals surface area contributed by atoms with Gasteiger partial charge in [-0.2, -0.15) is 0 Å². The highest BCUT2D eigenvalue weighted by Crippen LogP contribution is 2.16. The van der Waals surface area contributed by atoms with Crippen molar-refractivity contribution in [3.63, 3.8) is 0 Å². The van der Waals surface area contributed by atoms with Crippen molar-refractivity contribution in [2.75, 3.05) is 26.4 Å². The first kappa shape index (κ1) is 22.8. The monoisotopic (exact) mass is 435 g/mol. The highest BCUT2D eigenvalue weighted by atomic mass is 16.6. The number of aromatic nitrogens is 1. The maximum Gasteiger partial charge on any atom is 0.357 e. The molecule has 0 N–H and O–H groups in total. The van der Waals surface area contributed by atoms with Crippen LogP contribution in [0.3, 0.4) is 0 Å². The predicted molar refractivity (Wildman–Crippen MR) is 118 cm³/mol. The lowest BCUT2D eigenvalue weighted by molar-refractivity contribution is 0.0433. The summed E-state index contributed by atoms with van der Waals surface area (Å²) in [6.45, 7) is 4.40. The number of ether oxygens (including phenoxy) is 4. The Morgan fingerprint density at radius 1 is 0.625 bits per heavy atom. The molecule has 3 aromatic rings. The largest absolute Gasteiger partial charge is 0.490 e. The zero-order valence-electron chi connectivity index (χ0n) is 18.1. The van der Waals surface area contributed by atoms with E-state index in [1.165, 1.54) is 12.1 Å². The Morgan fingerprint density at radius 2 is 1.06 bits per heavy atom. The molecule has 0 saturated heterocycles. The van der Waals surface area contributed by atoms with Gasteiger partial charge in [-0.05, 0) is 49.2 Å². The summed E-state index contributed by atoms with van der Waals surface area (Å²) in [7, 11) is 0. The van der Waals surface area contributed by atoms with E-state index in [1.807, 2.05) is 62.4 Å². The van der Waals surface area contributed by atoms with Gasteiger partial charge >= 0.3 is 11.9 Å². The molecule has 0 spiro atoms. The van der Waals surface area contributed by atoms with Gasteiger partial charge in [-0.15, -0.1) is 0 Å². The Balaban J connectivity index is 1.43. The molecule has 32 heavy (non-hydrogen) atoms. The predicted octanol–water partition coefficient (Wildman–Crippen LogP) is 4.17. The highest BCUT2D eigenvalue weighted by Gasteiger charge is 2.14. The van der Waals surface area contributed by atoms with Gasteiger partial charge in [-0.1, -0.05) is 42.5 Å². The fraction of sp³-hybridized carbons (Fsp3) is 0.240. The van der Waals surface area contributed by atoms with Gasteiger partial charge < -0.3 is 18.9 Å². The summed E-state index contributed by atoms with van der Waals surface area (Å²) in [5, 5.41) is 0. The third-order valence-electron chi connectivity index (χ3n) is 4.50. The van der Waals surface area contributed by atoms with Crippen LogP contribution in [0.1, 0.15) is 32.1 Å². The van der Waals surface area contributed by atoms with Crippen LogP contribution in [0.5, 0.6) is 11.5 Å². The van der Waals surface area contributed by atoms with Crippen molar-refractivity contribution < 1.29 is 28.5 Å². The molecule has 0 aliphatic heterocycles. The molecule has 0 bridgehead atoms. The number of hydrogen-bond donors (Lipinski definition) is 0. The quantitative estimate of drug-likeness (QED) is 0.349. The third-order valence-corrected chi connectivity index (χ3v) is 4.50. The first-order chi connectivity index (χ1) is 15.5. The number of esters is 2. The average Bonchev–Trinajstić information content (AvgIpc) is 2.81. The molecule has 0 aliphatic rings. The fourth-order valence-electron chi connectivity index (χ4n) is 2.82. The molecule has 0 radical (unpaired) electrons. The number of carbonyl (C=O) groups is 2. The second-order valence-electron chi connectivity index (χ2n) is 6.91. The molecule has 7 nitrogen and oxygen atoms in total. The van der Waals surface area contributed by atoms with Gasteiger partial charge in [-0.3, -0.25) is 0 Å². The Bertz CT molecular complexity index is 985. The summed E-state index contributed by atoms with van der Waals surface area (Å²) in [5.74, 6) is 0.183. The van der Waals surface area contributed by atoms with E-state index in [1.54, 1.807) is 6.07 Å². The molecule has 166 valence electrons. The van der Waals surface area contributed by atoms with Gasteiger partial charge in [0.05, 0.1) is 0 Å². The van der Waals surface area contributed by atoms with Crippen LogP contribution in [0.25, 0.3) is 0 Å². The summed E-state index contributed by atoms with van der Waals surface area (Å²) in [4.78, 5) is 28.5. The van der Waals surface area contributed by atoms with Crippen LogP contribution in [0.2, 0.25) is 0 Å². The molecule has 7 heteroatoms. The van der Waals surface area contributed by atoms with Crippen LogP contribution in [-0.2, 0) is 9.47 Å². The van der Waals surface area contributed by atoms with Crippen molar-refractivity contribution >= 4 is 11.9 Å². The van der Waals surface area contributed by atoms with Crippen molar-refractivity contribution in [3.05, 3.63) is 89.2 Å². The minimum Gasteiger partial charge on any atom is -0.490 e. The zero-order chi connectivity index (χ0) is 22.8. The second kappa shape index (κ2) is 11.5. The van der Waals surface area contributed by atoms with Crippen LogP contribution in [-0.4, -0.2) is 43.4 Å². The molecule has 3 rings (SSSR count). The molecular formula is C25H25NO6. The summed E-state index contributed by atoms with van der Waals surface area (Å²) in [6.07, 6.45) is 0. The summed E-state index contributed by atoms with van der Waals surface area (Å²) >= 11 is 0. The topological polar surface area (TPSA) is 84.0 Å². The smallest absolute Gasteiger partial charge is 0.357 e. The molecule has 0 unspecified atom stereocenters. The zero-order valence-corrected chi connectivity index (χ0v) is 18.1. The second-order valence-corrected chi connectivity index (χ2v) is 6.91. The molecular weight excluding hydrogens is 410 g/mol. The normalized spacial score (nSPS) is 10.3. The van der Waals surface area contributed by atoms with Gasteiger partial charge in [-0.25, -0.2) is 14.6 Å². The van der Waals surface area contributed by atoms with E-state index in [0.29, 0.717) is 0 Å². The number of benzene rings is 2. The van der Waals surface area contributed by atoms with Crippen LogP contribution in [0, 0.1) is 13.8 Å². The number of hydrogen-bond acceptors (Lipinski definition) is 7. The maximum atomic E-state index is 12.2. The van der Waals surface area contributed by atoms with Gasteiger partial charge in [0, 0.05) is 0 Å². The third kappa shape index (κ3) is 6.57. The maximum absolute atomic E-state index is 12.2. The Labute approximate surface area is 186 Å². The molecule has 0 aliphatic carbocycles. The molecule has 2 aromatic carbocycles. The SMILES string of the molecule is Cc1ccccc1OCCOC(=O)c1cccc(C(=O)OCCOc2ccccc2C)n1. The molecule has 0 atom stereocenters. The van der Waals surface area contributed by atoms with Crippen molar-refractivity contribution in [2.24, 2.45) is 0 Å². The van der Waals surface area contributed by atoms with Crippen LogP contribution in [0.15, 0.2) is 66.7 Å². The van der Waals surface area contributed by atoms with Gasteiger partial charge in [0.25, 0.3) is 0 Å². The van der Waals surface area contributed by atoms with Crippen LogP contribution < -0.4 is 9.47 Å². The van der Waals surface area contributed by atoms with E-state index >= 15 is 0 Å². The van der Waals surface area contributed by atoms with E-state index in [4.69, 9.17) is 18.9 Å². The Morgan fingerprint density at radius 3 is 1.50 bits per heavy atom. The minimum absolute atomic E-state index is 0.0199. The number of aryl methyl sites for hydroxylation is 2. The van der Waals surface area contributed by atoms with Crippen molar-refractivity contribution in [1.29, 1.82) is 0 Å². The highest BCUT2D eigenvalue weighted by molar-refractivity contribution is 5.91. The fourth-order valence-corrected chi connectivity index (χ4v) is 2.82. The van der Waals surface area contributed by atoms with Gasteiger partial charge in [0.15, 0.2) is 0 Å². The van der Waals surface area contributed by atoms with Crippen LogP contribution >= 0.6 is 0 Å². The lowest BCUT2D eigenvalue weighted by atomic mass is 10.2. The Hall–Kier alpha value is -3.87. The number of carbonyl (C=O) groups excluding carboxylic acids is 2. The minimum atomic E-state index is -0.643. The first-order valence-corrected chi connectivity index (χ1v) is 10.2. The van der Waals surface area contributed by atoms with E-state index in [0.717, 1.165) is 22.6 Å². The lowest BCUT2D eigenvalue weighted by Gasteiger charge is -2.10. The van der Waals surface area contributed by atoms with E-state index in [2.05, 4.69) is 4.98 Å². The summed E-state index contributed by atoms with van der Waals surface area (Å²) < 4.78 is 21.6. The van der Waals surface area contributed by atoms with Crippen molar-refractivity contribution in [2.45, 2.75) is 13.8 Å². The first-order valence-electron chi connectivity index (χ1n) is 10.2. The van der Waals surface area contributed by atoms with E-state index < -0.39 is 11.9 Å². The number of pyridine rings is 1. The average molecular weight is 435 g/mol. The van der Waals surface area contributed by atoms with E-state index in [-0.39, 0.29) is 37.8 Å². The summed E-state index contributed by atoms with van der Waals surface area (Å²) in [5.41, 5.74) is 2.03. The molecule has 1 heterocycles. The lowest BCUT2D eigenvalue weighted by Crippen LogP contribution is -2.17. The molecule has 0 saturated carbocycles. The van der Waals surface area contributed by atoms with E-state index in [9.17, 15) is 9.59 Å². The van der Waals surface area contributed by atoms with Crippen LogP contribution in [0.4, 0.5) is 0 Å². The van der Waals surface area contributed by atoms with Gasteiger partial charge in [0.1, 0.15) is 49.3 Å². The number of nitrogens with zero attached hydrogens (tertiary/aromatic N) is 1. The van der Waals surface area contributed by atoms with Crippen molar-refractivity contribution in [3.8, 4) is 11.5 Å². The Kier molecular flexibility index (Phi) is 8.20. The number of para-hydroxylation sites is 2. The molecule has 0 fully saturated rings.